The normalized spacial score (nSPS) is 14.7. The second-order valence-electron chi connectivity index (χ2n) is 5.52. The van der Waals surface area contributed by atoms with Crippen molar-refractivity contribution in [2.24, 2.45) is 4.99 Å². The molecule has 140 valence electrons. The molecule has 0 spiro atoms. The van der Waals surface area contributed by atoms with Gasteiger partial charge in [-0.05, 0) is 31.2 Å². The van der Waals surface area contributed by atoms with Crippen LogP contribution in [0.15, 0.2) is 39.4 Å². The van der Waals surface area contributed by atoms with Crippen molar-refractivity contribution in [3.8, 4) is 11.5 Å². The number of aliphatic imine (C=N–C) groups is 1. The lowest BCUT2D eigenvalue weighted by atomic mass is 10.2. The Bertz CT molecular complexity index is 968. The van der Waals surface area contributed by atoms with E-state index < -0.39 is 11.9 Å². The topological polar surface area (TPSA) is 96.6 Å². The van der Waals surface area contributed by atoms with Crippen LogP contribution in [0, 0.1) is 6.92 Å². The first kappa shape index (κ1) is 18.2. The number of carbonyl (C=O) groups excluding carboxylic acids is 2. The minimum atomic E-state index is -0.631. The van der Waals surface area contributed by atoms with Crippen LogP contribution in [-0.4, -0.2) is 39.2 Å². The minimum absolute atomic E-state index is 0.0463. The average Bonchev–Trinajstić information content (AvgIpc) is 3.23. The summed E-state index contributed by atoms with van der Waals surface area (Å²) >= 11 is 0. The quantitative estimate of drug-likeness (QED) is 0.589. The summed E-state index contributed by atoms with van der Waals surface area (Å²) in [7, 11) is 4.31. The van der Waals surface area contributed by atoms with Crippen LogP contribution in [0.5, 0.6) is 11.5 Å². The van der Waals surface area contributed by atoms with E-state index >= 15 is 0 Å². The van der Waals surface area contributed by atoms with Crippen LogP contribution in [0.3, 0.4) is 0 Å². The van der Waals surface area contributed by atoms with Gasteiger partial charge in [0.25, 0.3) is 0 Å². The number of methoxy groups -OCH3 is 3. The molecule has 3 rings (SSSR count). The molecule has 0 atom stereocenters. The average molecular weight is 371 g/mol. The molecule has 0 fully saturated rings. The summed E-state index contributed by atoms with van der Waals surface area (Å²) in [5.74, 6) is 0.668. The molecular weight excluding hydrogens is 354 g/mol. The minimum Gasteiger partial charge on any atom is -0.493 e. The summed E-state index contributed by atoms with van der Waals surface area (Å²) in [4.78, 5) is 28.0. The number of benzene rings is 1. The Hall–Kier alpha value is -3.55. The van der Waals surface area contributed by atoms with Crippen LogP contribution in [-0.2, 0) is 14.3 Å². The molecular formula is C19H17NO7. The van der Waals surface area contributed by atoms with Gasteiger partial charge < -0.3 is 23.4 Å². The SMILES string of the molecule is COC(=O)c1cc(/C=C2/N=C(c3ccc(OC)c(OC)c3)OC2=O)oc1C. The van der Waals surface area contributed by atoms with Gasteiger partial charge in [-0.3, -0.25) is 0 Å². The van der Waals surface area contributed by atoms with Crippen LogP contribution < -0.4 is 9.47 Å². The van der Waals surface area contributed by atoms with Crippen molar-refractivity contribution in [2.45, 2.75) is 6.92 Å². The van der Waals surface area contributed by atoms with E-state index in [-0.39, 0.29) is 22.9 Å². The number of esters is 2. The third kappa shape index (κ3) is 3.55. The van der Waals surface area contributed by atoms with Gasteiger partial charge in [0.05, 0.1) is 21.3 Å². The summed E-state index contributed by atoms with van der Waals surface area (Å²) in [6.45, 7) is 1.62. The molecule has 0 aliphatic carbocycles. The van der Waals surface area contributed by atoms with Crippen molar-refractivity contribution < 1.29 is 33.0 Å². The highest BCUT2D eigenvalue weighted by Gasteiger charge is 2.26. The number of furan rings is 1. The number of aryl methyl sites for hydroxylation is 1. The van der Waals surface area contributed by atoms with Gasteiger partial charge in [-0.15, -0.1) is 0 Å². The van der Waals surface area contributed by atoms with Gasteiger partial charge in [-0.2, -0.15) is 0 Å². The van der Waals surface area contributed by atoms with E-state index in [0.29, 0.717) is 22.8 Å². The van der Waals surface area contributed by atoms with Crippen LogP contribution >= 0.6 is 0 Å². The van der Waals surface area contributed by atoms with E-state index in [4.69, 9.17) is 18.6 Å². The van der Waals surface area contributed by atoms with Crippen LogP contribution in [0.25, 0.3) is 6.08 Å². The summed E-state index contributed by atoms with van der Waals surface area (Å²) in [5.41, 5.74) is 0.875. The molecule has 0 amide bonds. The predicted molar refractivity (Wildman–Crippen MR) is 94.9 cm³/mol. The Balaban J connectivity index is 1.93. The molecule has 1 aromatic carbocycles. The van der Waals surface area contributed by atoms with Crippen molar-refractivity contribution in [3.05, 3.63) is 52.6 Å². The maximum absolute atomic E-state index is 12.1. The fraction of sp³-hybridized carbons (Fsp3) is 0.211. The van der Waals surface area contributed by atoms with Crippen molar-refractivity contribution >= 4 is 23.9 Å². The predicted octanol–water partition coefficient (Wildman–Crippen LogP) is 2.74. The number of nitrogens with zero attached hydrogens (tertiary/aromatic N) is 1. The summed E-state index contributed by atoms with van der Waals surface area (Å²) in [6.07, 6.45) is 1.40. The number of cyclic esters (lactones) is 1. The molecule has 1 aromatic heterocycles. The first-order valence-electron chi connectivity index (χ1n) is 7.90. The second kappa shape index (κ2) is 7.36. The van der Waals surface area contributed by atoms with Crippen LogP contribution in [0.1, 0.15) is 27.4 Å². The van der Waals surface area contributed by atoms with E-state index in [9.17, 15) is 9.59 Å². The number of hydrogen-bond acceptors (Lipinski definition) is 8. The fourth-order valence-corrected chi connectivity index (χ4v) is 2.53. The Morgan fingerprint density at radius 3 is 2.52 bits per heavy atom. The second-order valence-corrected chi connectivity index (χ2v) is 5.52. The van der Waals surface area contributed by atoms with E-state index in [1.807, 2.05) is 0 Å². The van der Waals surface area contributed by atoms with E-state index in [2.05, 4.69) is 9.73 Å². The monoisotopic (exact) mass is 371 g/mol. The van der Waals surface area contributed by atoms with Crippen molar-refractivity contribution in [3.63, 3.8) is 0 Å². The molecule has 2 aromatic rings. The highest BCUT2D eigenvalue weighted by Crippen LogP contribution is 2.29. The maximum Gasteiger partial charge on any atom is 0.363 e. The third-order valence-corrected chi connectivity index (χ3v) is 3.87. The molecule has 0 bridgehead atoms. The van der Waals surface area contributed by atoms with Gasteiger partial charge >= 0.3 is 11.9 Å². The Morgan fingerprint density at radius 1 is 1.11 bits per heavy atom. The Labute approximate surface area is 155 Å². The van der Waals surface area contributed by atoms with E-state index in [0.717, 1.165) is 0 Å². The van der Waals surface area contributed by atoms with Gasteiger partial charge in [0.1, 0.15) is 17.1 Å². The zero-order valence-corrected chi connectivity index (χ0v) is 15.2. The largest absolute Gasteiger partial charge is 0.493 e. The van der Waals surface area contributed by atoms with Crippen molar-refractivity contribution in [1.29, 1.82) is 0 Å². The van der Waals surface area contributed by atoms with Crippen molar-refractivity contribution in [2.75, 3.05) is 21.3 Å². The first-order valence-corrected chi connectivity index (χ1v) is 7.90. The summed E-state index contributed by atoms with van der Waals surface area (Å²) in [6, 6.07) is 6.51. The van der Waals surface area contributed by atoms with Crippen LogP contribution in [0.4, 0.5) is 0 Å². The zero-order chi connectivity index (χ0) is 19.6. The number of rotatable bonds is 5. The summed E-state index contributed by atoms with van der Waals surface area (Å²) < 4.78 is 25.8. The zero-order valence-electron chi connectivity index (χ0n) is 15.2. The van der Waals surface area contributed by atoms with Gasteiger partial charge in [0.15, 0.2) is 17.2 Å². The first-order chi connectivity index (χ1) is 13.0. The standard InChI is InChI=1S/C19H17NO7/c1-10-13(18(21)25-4)8-12(26-10)9-14-19(22)27-17(20-14)11-5-6-15(23-2)16(7-11)24-3/h5-9H,1-4H3/b14-9+. The van der Waals surface area contributed by atoms with Crippen LogP contribution in [0.2, 0.25) is 0 Å². The number of carbonyl (C=O) groups is 2. The van der Waals surface area contributed by atoms with E-state index in [1.54, 1.807) is 25.1 Å². The molecule has 8 heteroatoms. The molecule has 0 radical (unpaired) electrons. The van der Waals surface area contributed by atoms with E-state index in [1.165, 1.54) is 33.5 Å². The maximum atomic E-state index is 12.1. The smallest absolute Gasteiger partial charge is 0.363 e. The third-order valence-electron chi connectivity index (χ3n) is 3.87. The Morgan fingerprint density at radius 2 is 1.85 bits per heavy atom. The van der Waals surface area contributed by atoms with Gasteiger partial charge in [-0.1, -0.05) is 0 Å². The fourth-order valence-electron chi connectivity index (χ4n) is 2.53. The lowest BCUT2D eigenvalue weighted by Crippen LogP contribution is -2.05. The lowest BCUT2D eigenvalue weighted by Gasteiger charge is -2.08. The number of ether oxygens (including phenoxy) is 4. The molecule has 0 unspecified atom stereocenters. The molecule has 0 saturated carbocycles. The molecule has 1 aliphatic rings. The highest BCUT2D eigenvalue weighted by molar-refractivity contribution is 6.13. The van der Waals surface area contributed by atoms with Gasteiger partial charge in [0, 0.05) is 11.6 Å². The van der Waals surface area contributed by atoms with Gasteiger partial charge in [-0.25, -0.2) is 14.6 Å². The van der Waals surface area contributed by atoms with Gasteiger partial charge in [0.2, 0.25) is 5.90 Å². The molecule has 8 nitrogen and oxygen atoms in total. The summed E-state index contributed by atoms with van der Waals surface area (Å²) in [5, 5.41) is 0. The molecule has 0 N–H and O–H groups in total. The molecule has 27 heavy (non-hydrogen) atoms. The lowest BCUT2D eigenvalue weighted by molar-refractivity contribution is -0.129. The molecule has 0 saturated heterocycles. The molecule has 2 heterocycles. The van der Waals surface area contributed by atoms with Crippen molar-refractivity contribution in [1.82, 2.24) is 0 Å². The molecule has 1 aliphatic heterocycles. The highest BCUT2D eigenvalue weighted by atomic mass is 16.6. The Kier molecular flexibility index (Phi) is 4.98. The number of hydrogen-bond donors (Lipinski definition) is 0.